The van der Waals surface area contributed by atoms with E-state index < -0.39 is 0 Å². The fourth-order valence-electron chi connectivity index (χ4n) is 3.06. The minimum Gasteiger partial charge on any atom is -0.317 e. The molecule has 2 rings (SSSR count). The Hall–Kier alpha value is -1.15. The van der Waals surface area contributed by atoms with Crippen molar-refractivity contribution in [2.45, 2.75) is 40.0 Å². The second-order valence-electron chi connectivity index (χ2n) is 5.59. The second-order valence-corrected chi connectivity index (χ2v) is 5.59. The number of ketones is 1. The van der Waals surface area contributed by atoms with Gasteiger partial charge in [-0.15, -0.1) is 0 Å². The van der Waals surface area contributed by atoms with Crippen molar-refractivity contribution in [3.8, 4) is 0 Å². The Morgan fingerprint density at radius 3 is 2.22 bits per heavy atom. The Kier molecular flexibility index (Phi) is 3.86. The summed E-state index contributed by atoms with van der Waals surface area (Å²) in [5.41, 5.74) is 3.12. The highest BCUT2D eigenvalue weighted by Crippen LogP contribution is 2.36. The average Bonchev–Trinajstić information content (AvgIpc) is 2.37. The summed E-state index contributed by atoms with van der Waals surface area (Å²) < 4.78 is 0. The largest absolute Gasteiger partial charge is 0.317 e. The van der Waals surface area contributed by atoms with Gasteiger partial charge in [-0.25, -0.2) is 0 Å². The Balaban J connectivity index is 2.33. The molecular formula is C16H23NO. The molecule has 0 saturated carbocycles. The van der Waals surface area contributed by atoms with E-state index in [4.69, 9.17) is 0 Å². The second kappa shape index (κ2) is 5.23. The Morgan fingerprint density at radius 1 is 1.17 bits per heavy atom. The number of benzene rings is 1. The van der Waals surface area contributed by atoms with E-state index in [1.54, 1.807) is 0 Å². The van der Waals surface area contributed by atoms with Crippen molar-refractivity contribution in [2.24, 2.45) is 5.41 Å². The van der Waals surface area contributed by atoms with E-state index in [1.165, 1.54) is 11.1 Å². The van der Waals surface area contributed by atoms with E-state index in [0.717, 1.165) is 37.9 Å². The van der Waals surface area contributed by atoms with Gasteiger partial charge in [0.05, 0.1) is 0 Å². The van der Waals surface area contributed by atoms with E-state index in [2.05, 4.69) is 32.2 Å². The molecule has 0 aromatic heterocycles. The summed E-state index contributed by atoms with van der Waals surface area (Å²) in [4.78, 5) is 12.8. The molecule has 0 radical (unpaired) electrons. The molecule has 1 aliphatic heterocycles. The molecule has 1 N–H and O–H groups in total. The number of hydrogen-bond acceptors (Lipinski definition) is 2. The molecule has 1 fully saturated rings. The third kappa shape index (κ3) is 2.49. The number of nitrogens with one attached hydrogen (secondary N) is 1. The summed E-state index contributed by atoms with van der Waals surface area (Å²) in [6.07, 6.45) is 2.88. The van der Waals surface area contributed by atoms with Gasteiger partial charge in [0.2, 0.25) is 0 Å². The third-order valence-electron chi connectivity index (χ3n) is 4.20. The van der Waals surface area contributed by atoms with Crippen LogP contribution in [0.1, 0.15) is 47.7 Å². The highest BCUT2D eigenvalue weighted by Gasteiger charge is 2.38. The summed E-state index contributed by atoms with van der Waals surface area (Å²) in [5, 5.41) is 3.35. The van der Waals surface area contributed by atoms with Crippen molar-refractivity contribution in [1.82, 2.24) is 5.32 Å². The van der Waals surface area contributed by atoms with Crippen LogP contribution in [0.3, 0.4) is 0 Å². The molecule has 1 aromatic carbocycles. The van der Waals surface area contributed by atoms with Crippen LogP contribution in [0.5, 0.6) is 0 Å². The van der Waals surface area contributed by atoms with Crippen LogP contribution in [-0.2, 0) is 0 Å². The van der Waals surface area contributed by atoms with E-state index in [9.17, 15) is 4.79 Å². The van der Waals surface area contributed by atoms with Crippen LogP contribution in [0.25, 0.3) is 0 Å². The monoisotopic (exact) mass is 245 g/mol. The van der Waals surface area contributed by atoms with Gasteiger partial charge >= 0.3 is 0 Å². The predicted molar refractivity (Wildman–Crippen MR) is 75.1 cm³/mol. The maximum atomic E-state index is 12.8. The lowest BCUT2D eigenvalue weighted by Crippen LogP contribution is -2.41. The zero-order valence-electron chi connectivity index (χ0n) is 11.7. The van der Waals surface area contributed by atoms with Crippen molar-refractivity contribution in [1.29, 1.82) is 0 Å². The van der Waals surface area contributed by atoms with Crippen LogP contribution in [-0.4, -0.2) is 18.9 Å². The van der Waals surface area contributed by atoms with Crippen LogP contribution in [0, 0.1) is 19.3 Å². The molecule has 1 aliphatic rings. The Labute approximate surface area is 110 Å². The van der Waals surface area contributed by atoms with Crippen LogP contribution in [0.2, 0.25) is 0 Å². The third-order valence-corrected chi connectivity index (χ3v) is 4.20. The standard InChI is InChI=1S/C16H23NO/c1-4-16(5-7-17-8-6-16)15(18)14-10-12(2)9-13(3)11-14/h9-11,17H,4-8H2,1-3H3. The highest BCUT2D eigenvalue weighted by atomic mass is 16.1. The maximum absolute atomic E-state index is 12.8. The molecule has 98 valence electrons. The fourth-order valence-corrected chi connectivity index (χ4v) is 3.06. The summed E-state index contributed by atoms with van der Waals surface area (Å²) >= 11 is 0. The number of hydrogen-bond donors (Lipinski definition) is 1. The predicted octanol–water partition coefficient (Wildman–Crippen LogP) is 3.27. The molecule has 0 amide bonds. The lowest BCUT2D eigenvalue weighted by molar-refractivity contribution is 0.0717. The lowest BCUT2D eigenvalue weighted by atomic mass is 9.71. The zero-order chi connectivity index (χ0) is 13.2. The number of piperidine rings is 1. The van der Waals surface area contributed by atoms with Crippen LogP contribution in [0.15, 0.2) is 18.2 Å². The quantitative estimate of drug-likeness (QED) is 0.828. The van der Waals surface area contributed by atoms with Crippen molar-refractivity contribution in [3.63, 3.8) is 0 Å². The molecule has 1 saturated heterocycles. The summed E-state index contributed by atoms with van der Waals surface area (Å²) in [7, 11) is 0. The SMILES string of the molecule is CCC1(C(=O)c2cc(C)cc(C)c2)CCNCC1. The van der Waals surface area contributed by atoms with Crippen molar-refractivity contribution in [2.75, 3.05) is 13.1 Å². The molecule has 1 aromatic rings. The van der Waals surface area contributed by atoms with Gasteiger partial charge in [0, 0.05) is 11.0 Å². The van der Waals surface area contributed by atoms with Crippen LogP contribution < -0.4 is 5.32 Å². The van der Waals surface area contributed by atoms with Gasteiger partial charge in [-0.2, -0.15) is 0 Å². The molecule has 1 heterocycles. The van der Waals surface area contributed by atoms with Gasteiger partial charge in [-0.1, -0.05) is 24.1 Å². The summed E-state index contributed by atoms with van der Waals surface area (Å²) in [6.45, 7) is 8.19. The molecule has 0 atom stereocenters. The first kappa shape index (κ1) is 13.3. The number of carbonyl (C=O) groups is 1. The first-order valence-corrected chi connectivity index (χ1v) is 6.91. The van der Waals surface area contributed by atoms with Crippen LogP contribution >= 0.6 is 0 Å². The first-order valence-electron chi connectivity index (χ1n) is 6.91. The Morgan fingerprint density at radius 2 is 1.72 bits per heavy atom. The summed E-state index contributed by atoms with van der Waals surface area (Å²) in [5.74, 6) is 0.346. The molecular weight excluding hydrogens is 222 g/mol. The first-order chi connectivity index (χ1) is 8.57. The van der Waals surface area contributed by atoms with E-state index in [0.29, 0.717) is 5.78 Å². The highest BCUT2D eigenvalue weighted by molar-refractivity contribution is 6.00. The van der Waals surface area contributed by atoms with Crippen molar-refractivity contribution in [3.05, 3.63) is 34.9 Å². The van der Waals surface area contributed by atoms with E-state index >= 15 is 0 Å². The molecule has 0 unspecified atom stereocenters. The minimum absolute atomic E-state index is 0.133. The topological polar surface area (TPSA) is 29.1 Å². The fraction of sp³-hybridized carbons (Fsp3) is 0.562. The van der Waals surface area contributed by atoms with Gasteiger partial charge < -0.3 is 5.32 Å². The number of aryl methyl sites for hydroxylation is 2. The normalized spacial score (nSPS) is 18.6. The smallest absolute Gasteiger partial charge is 0.169 e. The maximum Gasteiger partial charge on any atom is 0.169 e. The molecule has 0 bridgehead atoms. The van der Waals surface area contributed by atoms with Gasteiger partial charge in [0.1, 0.15) is 0 Å². The average molecular weight is 245 g/mol. The zero-order valence-corrected chi connectivity index (χ0v) is 11.7. The Bertz CT molecular complexity index is 424. The number of Topliss-reactive ketones (excluding diaryl/α,β-unsaturated/α-hetero) is 1. The van der Waals surface area contributed by atoms with Gasteiger partial charge in [0.25, 0.3) is 0 Å². The van der Waals surface area contributed by atoms with Crippen molar-refractivity contribution >= 4 is 5.78 Å². The van der Waals surface area contributed by atoms with Crippen molar-refractivity contribution < 1.29 is 4.79 Å². The number of carbonyl (C=O) groups excluding carboxylic acids is 1. The molecule has 0 spiro atoms. The van der Waals surface area contributed by atoms with Gasteiger partial charge in [-0.3, -0.25) is 4.79 Å². The molecule has 2 heteroatoms. The van der Waals surface area contributed by atoms with Crippen LogP contribution in [0.4, 0.5) is 0 Å². The number of rotatable bonds is 3. The minimum atomic E-state index is -0.133. The molecule has 0 aliphatic carbocycles. The lowest BCUT2D eigenvalue weighted by Gasteiger charge is -2.35. The molecule has 2 nitrogen and oxygen atoms in total. The molecule has 18 heavy (non-hydrogen) atoms. The van der Waals surface area contributed by atoms with E-state index in [-0.39, 0.29) is 5.41 Å². The van der Waals surface area contributed by atoms with Gasteiger partial charge in [-0.05, 0) is 58.3 Å². The van der Waals surface area contributed by atoms with E-state index in [1.807, 2.05) is 12.1 Å². The van der Waals surface area contributed by atoms with Gasteiger partial charge in [0.15, 0.2) is 5.78 Å². The summed E-state index contributed by atoms with van der Waals surface area (Å²) in [6, 6.07) is 6.20.